The highest BCUT2D eigenvalue weighted by atomic mass is 35.5. The van der Waals surface area contributed by atoms with Crippen molar-refractivity contribution >= 4 is 34.6 Å². The Morgan fingerprint density at radius 3 is 2.69 bits per heavy atom. The first-order valence-corrected chi connectivity index (χ1v) is 12.2. The number of hydrogen-bond donors (Lipinski definition) is 0. The maximum absolute atomic E-state index is 12.9. The summed E-state index contributed by atoms with van der Waals surface area (Å²) in [4.78, 5) is 27.7. The number of hydrogen-bond acceptors (Lipinski definition) is 8. The van der Waals surface area contributed by atoms with Crippen molar-refractivity contribution in [1.82, 2.24) is 14.7 Å². The van der Waals surface area contributed by atoms with Crippen LogP contribution in [-0.4, -0.2) is 73.0 Å². The summed E-state index contributed by atoms with van der Waals surface area (Å²) in [6, 6.07) is 8.89. The van der Waals surface area contributed by atoms with E-state index in [0.717, 1.165) is 10.6 Å². The Morgan fingerprint density at radius 1 is 1.17 bits per heavy atom. The van der Waals surface area contributed by atoms with Gasteiger partial charge in [-0.25, -0.2) is 0 Å². The van der Waals surface area contributed by atoms with Crippen molar-refractivity contribution in [2.45, 2.75) is 19.6 Å². The number of amides is 1. The molecule has 3 heterocycles. The zero-order chi connectivity index (χ0) is 24.9. The third kappa shape index (κ3) is 5.77. The predicted molar refractivity (Wildman–Crippen MR) is 132 cm³/mol. The van der Waals surface area contributed by atoms with E-state index in [4.69, 9.17) is 30.5 Å². The topological polar surface area (TPSA) is 92.1 Å². The first-order chi connectivity index (χ1) is 16.9. The van der Waals surface area contributed by atoms with Crippen LogP contribution < -0.4 is 14.2 Å². The monoisotopic (exact) mass is 519 g/mol. The van der Waals surface area contributed by atoms with Crippen LogP contribution in [0.3, 0.4) is 0 Å². The number of nitrogens with zero attached hydrogens (tertiary/aromatic N) is 3. The van der Waals surface area contributed by atoms with Gasteiger partial charge in [-0.05, 0) is 37.3 Å². The van der Waals surface area contributed by atoms with Crippen molar-refractivity contribution in [3.63, 3.8) is 0 Å². The molecule has 1 aliphatic rings. The molecule has 1 saturated heterocycles. The SMILES string of the molecule is COc1ccc(C(C)=O)c(OCC2CN(C(=O)Cn3ccc(-c4ccc(Cl)s4)n3)CCO2)c1OC. The van der Waals surface area contributed by atoms with Gasteiger partial charge in [-0.3, -0.25) is 14.3 Å². The Kier molecular flexibility index (Phi) is 7.94. The van der Waals surface area contributed by atoms with Crippen LogP contribution in [0.1, 0.15) is 17.3 Å². The molecule has 0 N–H and O–H groups in total. The quantitative estimate of drug-likeness (QED) is 0.397. The number of carbonyl (C=O) groups is 2. The predicted octanol–water partition coefficient (Wildman–Crippen LogP) is 3.79. The van der Waals surface area contributed by atoms with Crippen molar-refractivity contribution in [2.24, 2.45) is 0 Å². The highest BCUT2D eigenvalue weighted by Crippen LogP contribution is 2.40. The number of Topliss-reactive ketones (excluding diaryl/α,β-unsaturated/α-hetero) is 1. The fourth-order valence-electron chi connectivity index (χ4n) is 3.81. The maximum atomic E-state index is 12.9. The molecule has 1 aromatic carbocycles. The minimum atomic E-state index is -0.371. The molecule has 11 heteroatoms. The van der Waals surface area contributed by atoms with E-state index in [2.05, 4.69) is 5.10 Å². The van der Waals surface area contributed by atoms with E-state index in [-0.39, 0.29) is 30.9 Å². The van der Waals surface area contributed by atoms with E-state index in [1.807, 2.05) is 18.2 Å². The molecule has 0 bridgehead atoms. The lowest BCUT2D eigenvalue weighted by Crippen LogP contribution is -2.48. The van der Waals surface area contributed by atoms with Gasteiger partial charge in [-0.15, -0.1) is 11.3 Å². The standard InChI is InChI=1S/C24H26ClN3O6S/c1-15(29)17-4-5-19(31-2)24(32-3)23(17)34-14-16-12-27(10-11-33-16)22(30)13-28-9-8-18(26-28)20-6-7-21(25)35-20/h4-9,16H,10-14H2,1-3H3. The molecule has 4 rings (SSSR count). The number of rotatable bonds is 9. The number of methoxy groups -OCH3 is 2. The average molecular weight is 520 g/mol. The van der Waals surface area contributed by atoms with Crippen LogP contribution >= 0.6 is 22.9 Å². The zero-order valence-electron chi connectivity index (χ0n) is 19.7. The number of thiophene rings is 1. The highest BCUT2D eigenvalue weighted by Gasteiger charge is 2.27. The van der Waals surface area contributed by atoms with E-state index in [1.165, 1.54) is 32.5 Å². The van der Waals surface area contributed by atoms with Gasteiger partial charge in [0.15, 0.2) is 17.3 Å². The van der Waals surface area contributed by atoms with Crippen molar-refractivity contribution < 1.29 is 28.5 Å². The van der Waals surface area contributed by atoms with Gasteiger partial charge in [0, 0.05) is 12.7 Å². The molecular weight excluding hydrogens is 494 g/mol. The number of aromatic nitrogens is 2. The summed E-state index contributed by atoms with van der Waals surface area (Å²) in [5.74, 6) is 0.859. The lowest BCUT2D eigenvalue weighted by molar-refractivity contribution is -0.140. The van der Waals surface area contributed by atoms with Gasteiger partial charge in [-0.2, -0.15) is 5.10 Å². The largest absolute Gasteiger partial charge is 0.493 e. The van der Waals surface area contributed by atoms with Crippen LogP contribution in [0.15, 0.2) is 36.5 Å². The van der Waals surface area contributed by atoms with Crippen molar-refractivity contribution in [3.05, 3.63) is 46.4 Å². The lowest BCUT2D eigenvalue weighted by Gasteiger charge is -2.33. The minimum Gasteiger partial charge on any atom is -0.493 e. The number of ether oxygens (including phenoxy) is 4. The van der Waals surface area contributed by atoms with Gasteiger partial charge in [0.1, 0.15) is 24.9 Å². The number of benzene rings is 1. The Balaban J connectivity index is 1.39. The number of halogens is 1. The van der Waals surface area contributed by atoms with Crippen LogP contribution in [0, 0.1) is 0 Å². The fraction of sp³-hybridized carbons (Fsp3) is 0.375. The minimum absolute atomic E-state index is 0.0689. The second kappa shape index (κ2) is 11.1. The molecule has 0 saturated carbocycles. The van der Waals surface area contributed by atoms with Crippen LogP contribution in [-0.2, 0) is 16.1 Å². The average Bonchev–Trinajstić information content (AvgIpc) is 3.50. The molecule has 0 aliphatic carbocycles. The lowest BCUT2D eigenvalue weighted by atomic mass is 10.1. The van der Waals surface area contributed by atoms with Gasteiger partial charge < -0.3 is 23.8 Å². The number of carbonyl (C=O) groups excluding carboxylic acids is 2. The van der Waals surface area contributed by atoms with E-state index < -0.39 is 0 Å². The van der Waals surface area contributed by atoms with Crippen LogP contribution in [0.2, 0.25) is 4.34 Å². The second-order valence-electron chi connectivity index (χ2n) is 7.88. The summed E-state index contributed by atoms with van der Waals surface area (Å²) in [7, 11) is 3.00. The van der Waals surface area contributed by atoms with Gasteiger partial charge in [0.25, 0.3) is 0 Å². The Bertz CT molecular complexity index is 1210. The van der Waals surface area contributed by atoms with Crippen molar-refractivity contribution in [1.29, 1.82) is 0 Å². The summed E-state index contributed by atoms with van der Waals surface area (Å²) >= 11 is 7.45. The molecule has 0 radical (unpaired) electrons. The number of ketones is 1. The smallest absolute Gasteiger partial charge is 0.244 e. The third-order valence-corrected chi connectivity index (χ3v) is 6.80. The molecule has 0 spiro atoms. The van der Waals surface area contributed by atoms with E-state index >= 15 is 0 Å². The summed E-state index contributed by atoms with van der Waals surface area (Å²) < 4.78 is 24.9. The molecule has 1 aliphatic heterocycles. The molecule has 2 aromatic heterocycles. The number of morpholine rings is 1. The molecule has 1 amide bonds. The normalized spacial score (nSPS) is 15.7. The molecule has 1 atom stereocenters. The van der Waals surface area contributed by atoms with E-state index in [9.17, 15) is 9.59 Å². The van der Waals surface area contributed by atoms with E-state index in [1.54, 1.807) is 27.9 Å². The van der Waals surface area contributed by atoms with Gasteiger partial charge in [0.05, 0.1) is 42.1 Å². The zero-order valence-corrected chi connectivity index (χ0v) is 21.2. The summed E-state index contributed by atoms with van der Waals surface area (Å²) in [5.41, 5.74) is 1.16. The van der Waals surface area contributed by atoms with Gasteiger partial charge in [-0.1, -0.05) is 11.6 Å². The van der Waals surface area contributed by atoms with Gasteiger partial charge >= 0.3 is 0 Å². The molecule has 186 valence electrons. The van der Waals surface area contributed by atoms with Gasteiger partial charge in [0.2, 0.25) is 11.7 Å². The molecule has 1 unspecified atom stereocenters. The Labute approximate surface area is 212 Å². The maximum Gasteiger partial charge on any atom is 0.244 e. The molecule has 1 fully saturated rings. The first-order valence-electron chi connectivity index (χ1n) is 11.0. The van der Waals surface area contributed by atoms with Crippen LogP contribution in [0.25, 0.3) is 10.6 Å². The third-order valence-electron chi connectivity index (χ3n) is 5.55. The Hall–Kier alpha value is -3.08. The van der Waals surface area contributed by atoms with E-state index in [0.29, 0.717) is 46.8 Å². The van der Waals surface area contributed by atoms with Crippen LogP contribution in [0.4, 0.5) is 0 Å². The van der Waals surface area contributed by atoms with Crippen molar-refractivity contribution in [2.75, 3.05) is 40.5 Å². The van der Waals surface area contributed by atoms with Crippen molar-refractivity contribution in [3.8, 4) is 27.8 Å². The Morgan fingerprint density at radius 2 is 2.00 bits per heavy atom. The molecule has 3 aromatic rings. The van der Waals surface area contributed by atoms with Crippen LogP contribution in [0.5, 0.6) is 17.2 Å². The fourth-order valence-corrected chi connectivity index (χ4v) is 4.82. The molecular formula is C24H26ClN3O6S. The summed E-state index contributed by atoms with van der Waals surface area (Å²) in [5, 5.41) is 4.49. The highest BCUT2D eigenvalue weighted by molar-refractivity contribution is 7.19. The molecule has 35 heavy (non-hydrogen) atoms. The first kappa shape index (κ1) is 25.0. The molecule has 9 nitrogen and oxygen atoms in total. The summed E-state index contributed by atoms with van der Waals surface area (Å²) in [6.45, 7) is 2.93. The summed E-state index contributed by atoms with van der Waals surface area (Å²) in [6.07, 6.45) is 1.41. The second-order valence-corrected chi connectivity index (χ2v) is 9.59.